The van der Waals surface area contributed by atoms with Crippen molar-refractivity contribution in [2.24, 2.45) is 5.92 Å². The maximum absolute atomic E-state index is 12.6. The Hall–Kier alpha value is -1.02. The van der Waals surface area contributed by atoms with Crippen molar-refractivity contribution in [2.75, 3.05) is 0 Å². The van der Waals surface area contributed by atoms with Crippen molar-refractivity contribution >= 4 is 5.91 Å². The second-order valence-electron chi connectivity index (χ2n) is 4.81. The summed E-state index contributed by atoms with van der Waals surface area (Å²) in [5.41, 5.74) is 0. The van der Waals surface area contributed by atoms with Gasteiger partial charge in [0.15, 0.2) is 0 Å². The summed E-state index contributed by atoms with van der Waals surface area (Å²) >= 11 is 0. The topological polar surface area (TPSA) is 29.1 Å². The van der Waals surface area contributed by atoms with Crippen LogP contribution < -0.4 is 5.32 Å². The van der Waals surface area contributed by atoms with E-state index in [1.807, 2.05) is 13.8 Å². The summed E-state index contributed by atoms with van der Waals surface area (Å²) in [4.78, 5) is 10.8. The molecule has 0 bridgehead atoms. The molecule has 1 fully saturated rings. The van der Waals surface area contributed by atoms with Crippen molar-refractivity contribution in [3.8, 4) is 0 Å². The molecule has 1 aliphatic carbocycles. The van der Waals surface area contributed by atoms with Crippen molar-refractivity contribution in [3.05, 3.63) is 0 Å². The van der Waals surface area contributed by atoms with Gasteiger partial charge in [0.2, 0.25) is 5.92 Å². The Morgan fingerprint density at radius 2 is 1.62 bits per heavy atom. The smallest absolute Gasteiger partial charge is 0.348 e. The predicted molar refractivity (Wildman–Crippen MR) is 62.2 cm³/mol. The first-order valence-corrected chi connectivity index (χ1v) is 6.48. The van der Waals surface area contributed by atoms with Gasteiger partial charge in [-0.05, 0) is 19.3 Å². The van der Waals surface area contributed by atoms with E-state index < -0.39 is 48.7 Å². The van der Waals surface area contributed by atoms with Crippen molar-refractivity contribution in [1.82, 2.24) is 5.32 Å². The van der Waals surface area contributed by atoms with E-state index in [0.29, 0.717) is 0 Å². The highest BCUT2D eigenvalue weighted by Gasteiger charge is 2.63. The van der Waals surface area contributed by atoms with Gasteiger partial charge in [0.05, 0.1) is 0 Å². The first-order valence-electron chi connectivity index (χ1n) is 6.48. The van der Waals surface area contributed by atoms with Crippen LogP contribution in [0.4, 0.5) is 30.7 Å². The average Bonchev–Trinajstić information content (AvgIpc) is 2.27. The summed E-state index contributed by atoms with van der Waals surface area (Å²) in [6, 6.07) is -1.03. The molecule has 1 N–H and O–H groups in total. The zero-order chi connectivity index (χ0) is 17.1. The summed E-state index contributed by atoms with van der Waals surface area (Å²) in [5.74, 6) is -11.2. The Bertz CT molecular complexity index is 346. The maximum Gasteiger partial charge on any atom is 0.463 e. The number of halogens is 7. The van der Waals surface area contributed by atoms with Crippen LogP contribution in [-0.4, -0.2) is 30.0 Å². The number of amides is 1. The summed E-state index contributed by atoms with van der Waals surface area (Å²) in [6.07, 6.45) is -6.92. The molecule has 0 aromatic heterocycles. The fourth-order valence-electron chi connectivity index (χ4n) is 1.95. The normalized spacial score (nSPS) is 19.9. The van der Waals surface area contributed by atoms with E-state index >= 15 is 0 Å². The molecule has 1 atom stereocenters. The Morgan fingerprint density at radius 3 is 1.95 bits per heavy atom. The number of hydrogen-bond acceptors (Lipinski definition) is 1. The van der Waals surface area contributed by atoms with Crippen LogP contribution in [-0.2, 0) is 4.79 Å². The molecule has 0 heterocycles. The zero-order valence-corrected chi connectivity index (χ0v) is 11.8. The lowest BCUT2D eigenvalue weighted by Gasteiger charge is -2.36. The lowest BCUT2D eigenvalue weighted by Crippen LogP contribution is -2.53. The number of hydrogen-bond donors (Lipinski definition) is 1. The van der Waals surface area contributed by atoms with Crippen LogP contribution in [0.25, 0.3) is 0 Å². The molecule has 1 rings (SSSR count). The minimum atomic E-state index is -5.97. The van der Waals surface area contributed by atoms with Crippen LogP contribution in [0.5, 0.6) is 0 Å². The van der Waals surface area contributed by atoms with Crippen molar-refractivity contribution in [1.29, 1.82) is 0 Å². The van der Waals surface area contributed by atoms with E-state index in [4.69, 9.17) is 0 Å². The Balaban J connectivity index is 0.00000191. The van der Waals surface area contributed by atoms with Gasteiger partial charge in [0.25, 0.3) is 0 Å². The van der Waals surface area contributed by atoms with Gasteiger partial charge in [-0.3, -0.25) is 4.79 Å². The third kappa shape index (κ3) is 5.35. The molecule has 0 aromatic rings. The van der Waals surface area contributed by atoms with Gasteiger partial charge in [0.1, 0.15) is 0 Å². The second-order valence-corrected chi connectivity index (χ2v) is 4.81. The quantitative estimate of drug-likeness (QED) is 0.773. The van der Waals surface area contributed by atoms with Crippen LogP contribution in [0, 0.1) is 5.92 Å². The van der Waals surface area contributed by atoms with Crippen LogP contribution in [0.1, 0.15) is 40.0 Å². The minimum absolute atomic E-state index is 0.0603. The molecule has 1 saturated carbocycles. The lowest BCUT2D eigenvalue weighted by molar-refractivity contribution is -0.270. The van der Waals surface area contributed by atoms with E-state index in [-0.39, 0.29) is 6.42 Å². The standard InChI is InChI=1S/C10H12F7NO.C2H6/c1-5(2-6-3-8(11,12)4-6)18-7(19)9(13,14)10(15,16)17;1-2/h5-6H,2-4H2,1H3,(H,18,19);1-2H3. The minimum Gasteiger partial charge on any atom is -0.348 e. The molecule has 1 unspecified atom stereocenters. The molecule has 0 aliphatic heterocycles. The summed E-state index contributed by atoms with van der Waals surface area (Å²) < 4.78 is 85.7. The maximum atomic E-state index is 12.6. The number of alkyl halides is 7. The molecule has 0 radical (unpaired) electrons. The van der Waals surface area contributed by atoms with Crippen molar-refractivity contribution in [2.45, 2.75) is 64.1 Å². The molecule has 21 heavy (non-hydrogen) atoms. The molecule has 9 heteroatoms. The van der Waals surface area contributed by atoms with Gasteiger partial charge >= 0.3 is 18.0 Å². The third-order valence-electron chi connectivity index (χ3n) is 2.88. The van der Waals surface area contributed by atoms with E-state index in [0.717, 1.165) is 0 Å². The first kappa shape index (κ1) is 20.0. The fourth-order valence-corrected chi connectivity index (χ4v) is 1.95. The number of carbonyl (C=O) groups excluding carboxylic acids is 1. The largest absolute Gasteiger partial charge is 0.463 e. The Kier molecular flexibility index (Phi) is 6.50. The highest BCUT2D eigenvalue weighted by atomic mass is 19.4. The Morgan fingerprint density at radius 1 is 1.19 bits per heavy atom. The van der Waals surface area contributed by atoms with E-state index in [1.165, 1.54) is 12.2 Å². The highest BCUT2D eigenvalue weighted by molar-refractivity contribution is 5.84. The molecule has 0 spiro atoms. The van der Waals surface area contributed by atoms with Gasteiger partial charge < -0.3 is 5.32 Å². The average molecular weight is 325 g/mol. The van der Waals surface area contributed by atoms with Crippen LogP contribution >= 0.6 is 0 Å². The summed E-state index contributed by atoms with van der Waals surface area (Å²) in [7, 11) is 0. The van der Waals surface area contributed by atoms with Gasteiger partial charge in [0, 0.05) is 18.9 Å². The molecule has 1 aliphatic rings. The van der Waals surface area contributed by atoms with Gasteiger partial charge in [-0.15, -0.1) is 0 Å². The number of rotatable bonds is 4. The predicted octanol–water partition coefficient (Wildman–Crippen LogP) is 4.15. The van der Waals surface area contributed by atoms with Gasteiger partial charge in [-0.2, -0.15) is 22.0 Å². The number of nitrogens with one attached hydrogen (secondary N) is 1. The monoisotopic (exact) mass is 325 g/mol. The fraction of sp³-hybridized carbons (Fsp3) is 0.917. The summed E-state index contributed by atoms with van der Waals surface area (Å²) in [5, 5.41) is 1.50. The number of carbonyl (C=O) groups is 1. The second kappa shape index (κ2) is 6.83. The molecular weight excluding hydrogens is 307 g/mol. The van der Waals surface area contributed by atoms with E-state index in [9.17, 15) is 35.5 Å². The van der Waals surface area contributed by atoms with Crippen molar-refractivity contribution in [3.63, 3.8) is 0 Å². The first-order chi connectivity index (χ1) is 9.35. The van der Waals surface area contributed by atoms with Crippen LogP contribution in [0.15, 0.2) is 0 Å². The van der Waals surface area contributed by atoms with Gasteiger partial charge in [-0.25, -0.2) is 8.78 Å². The van der Waals surface area contributed by atoms with Crippen molar-refractivity contribution < 1.29 is 35.5 Å². The van der Waals surface area contributed by atoms with E-state index in [1.54, 1.807) is 0 Å². The SMILES string of the molecule is CC.CC(CC1CC(F)(F)C1)NC(=O)C(F)(F)C(F)(F)F. The zero-order valence-electron chi connectivity index (χ0n) is 11.8. The summed E-state index contributed by atoms with van der Waals surface area (Å²) in [6.45, 7) is 5.20. The van der Waals surface area contributed by atoms with E-state index in [2.05, 4.69) is 0 Å². The van der Waals surface area contributed by atoms with Crippen LogP contribution in [0.2, 0.25) is 0 Å². The van der Waals surface area contributed by atoms with Crippen LogP contribution in [0.3, 0.4) is 0 Å². The van der Waals surface area contributed by atoms with Gasteiger partial charge in [-0.1, -0.05) is 13.8 Å². The lowest BCUT2D eigenvalue weighted by atomic mass is 9.77. The molecule has 0 aromatic carbocycles. The molecule has 0 saturated heterocycles. The molecule has 1 amide bonds. The Labute approximate surface area is 118 Å². The highest BCUT2D eigenvalue weighted by Crippen LogP contribution is 2.44. The third-order valence-corrected chi connectivity index (χ3v) is 2.88. The molecule has 2 nitrogen and oxygen atoms in total. The molecular formula is C12H18F7NO. The molecule has 126 valence electrons.